The molecule has 1 rings (SSSR count). The van der Waals surface area contributed by atoms with Gasteiger partial charge in [0.1, 0.15) is 4.90 Å². The fourth-order valence-electron chi connectivity index (χ4n) is 2.49. The van der Waals surface area contributed by atoms with Gasteiger partial charge in [0, 0.05) is 0 Å². The zero-order valence-electron chi connectivity index (χ0n) is 15.9. The zero-order chi connectivity index (χ0) is 19.6. The van der Waals surface area contributed by atoms with Gasteiger partial charge in [0.25, 0.3) is 0 Å². The molecule has 1 aromatic carbocycles. The first-order valence-corrected chi connectivity index (χ1v) is 11.1. The molecular formula is C19H33F5S. The van der Waals surface area contributed by atoms with Crippen molar-refractivity contribution >= 4 is 10.2 Å². The monoisotopic (exact) mass is 388 g/mol. The first kappa shape index (κ1) is 24.2. The van der Waals surface area contributed by atoms with Crippen molar-refractivity contribution in [2.24, 2.45) is 0 Å². The van der Waals surface area contributed by atoms with E-state index < -0.39 is 20.7 Å². The highest BCUT2D eigenvalue weighted by atomic mass is 32.5. The summed E-state index contributed by atoms with van der Waals surface area (Å²) in [5.74, 6) is 0. The van der Waals surface area contributed by atoms with Crippen molar-refractivity contribution in [2.45, 2.75) is 90.4 Å². The molecule has 0 fully saturated rings. The Bertz CT molecular complexity index is 500. The standard InChI is InChI=1S/C10H22.C9H11F5S/c1-3-5-7-9-10-8-6-4-2;1-3-8-5-4-7(2)9(6-8)15(10,11,12,13)14/h3-10H2,1-2H3;4-6H,3H2,1-2H3. The predicted molar refractivity (Wildman–Crippen MR) is 100 cm³/mol. The van der Waals surface area contributed by atoms with Crippen LogP contribution in [-0.2, 0) is 6.42 Å². The number of halogens is 5. The molecule has 0 bridgehead atoms. The molecule has 0 aliphatic carbocycles. The van der Waals surface area contributed by atoms with Crippen molar-refractivity contribution in [3.05, 3.63) is 29.3 Å². The normalized spacial score (nSPS) is 14.3. The van der Waals surface area contributed by atoms with E-state index in [1.807, 2.05) is 0 Å². The van der Waals surface area contributed by atoms with Crippen LogP contribution in [-0.4, -0.2) is 0 Å². The lowest BCUT2D eigenvalue weighted by atomic mass is 10.1. The van der Waals surface area contributed by atoms with E-state index in [1.54, 1.807) is 6.92 Å². The van der Waals surface area contributed by atoms with Gasteiger partial charge in [-0.2, -0.15) is 0 Å². The van der Waals surface area contributed by atoms with Crippen molar-refractivity contribution < 1.29 is 19.4 Å². The van der Waals surface area contributed by atoms with E-state index in [9.17, 15) is 19.4 Å². The van der Waals surface area contributed by atoms with Gasteiger partial charge in [0.2, 0.25) is 0 Å². The van der Waals surface area contributed by atoms with Gasteiger partial charge in [0.05, 0.1) is 0 Å². The lowest BCUT2D eigenvalue weighted by molar-refractivity contribution is 0.363. The number of hydrogen-bond donors (Lipinski definition) is 0. The predicted octanol–water partition coefficient (Wildman–Crippen LogP) is 9.36. The first-order chi connectivity index (χ1) is 11.4. The van der Waals surface area contributed by atoms with Crippen LogP contribution in [0.25, 0.3) is 0 Å². The summed E-state index contributed by atoms with van der Waals surface area (Å²) in [4.78, 5) is -1.77. The third-order valence-corrected chi connectivity index (χ3v) is 5.30. The molecule has 0 heterocycles. The molecule has 0 nitrogen and oxygen atoms in total. The van der Waals surface area contributed by atoms with Gasteiger partial charge in [0.15, 0.2) is 0 Å². The van der Waals surface area contributed by atoms with E-state index in [2.05, 4.69) is 13.8 Å². The summed E-state index contributed by atoms with van der Waals surface area (Å²) in [6, 6.07) is 3.03. The Hall–Kier alpha value is -0.780. The fourth-order valence-corrected chi connectivity index (χ4v) is 3.54. The number of unbranched alkanes of at least 4 members (excludes halogenated alkanes) is 7. The van der Waals surface area contributed by atoms with E-state index in [1.165, 1.54) is 57.4 Å². The number of hydrogen-bond acceptors (Lipinski definition) is 0. The molecule has 0 spiro atoms. The van der Waals surface area contributed by atoms with Gasteiger partial charge in [-0.3, -0.25) is 0 Å². The lowest BCUT2D eigenvalue weighted by Gasteiger charge is -2.41. The molecule has 0 radical (unpaired) electrons. The van der Waals surface area contributed by atoms with Crippen molar-refractivity contribution in [1.29, 1.82) is 0 Å². The van der Waals surface area contributed by atoms with Crippen molar-refractivity contribution in [3.8, 4) is 0 Å². The summed E-state index contributed by atoms with van der Waals surface area (Å²) in [6.07, 6.45) is 11.8. The van der Waals surface area contributed by atoms with Crippen molar-refractivity contribution in [3.63, 3.8) is 0 Å². The highest BCUT2D eigenvalue weighted by Gasteiger charge is 2.66. The Morgan fingerprint density at radius 1 is 0.720 bits per heavy atom. The minimum Gasteiger partial charge on any atom is -0.0936 e. The largest absolute Gasteiger partial charge is 0.310 e. The first-order valence-electron chi connectivity index (χ1n) is 9.19. The maximum atomic E-state index is 12.5. The Morgan fingerprint density at radius 3 is 1.52 bits per heavy atom. The van der Waals surface area contributed by atoms with Gasteiger partial charge < -0.3 is 0 Å². The molecule has 0 unspecified atom stereocenters. The highest BCUT2D eigenvalue weighted by molar-refractivity contribution is 8.45. The van der Waals surface area contributed by atoms with Crippen LogP contribution in [0.15, 0.2) is 23.1 Å². The average Bonchev–Trinajstić information content (AvgIpc) is 2.49. The van der Waals surface area contributed by atoms with E-state index >= 15 is 0 Å². The maximum absolute atomic E-state index is 12.5. The summed E-state index contributed by atoms with van der Waals surface area (Å²) < 4.78 is 62.6. The van der Waals surface area contributed by atoms with Crippen LogP contribution in [0.1, 0.15) is 83.3 Å². The van der Waals surface area contributed by atoms with Crippen LogP contribution in [0, 0.1) is 6.92 Å². The average molecular weight is 389 g/mol. The topological polar surface area (TPSA) is 0 Å². The molecule has 0 atom stereocenters. The van der Waals surface area contributed by atoms with Crippen LogP contribution in [0.5, 0.6) is 0 Å². The van der Waals surface area contributed by atoms with Crippen LogP contribution < -0.4 is 0 Å². The quantitative estimate of drug-likeness (QED) is 0.292. The van der Waals surface area contributed by atoms with E-state index in [0.29, 0.717) is 12.5 Å². The lowest BCUT2D eigenvalue weighted by Crippen LogP contribution is -2.08. The van der Waals surface area contributed by atoms with Crippen LogP contribution >= 0.6 is 10.2 Å². The Morgan fingerprint density at radius 2 is 1.16 bits per heavy atom. The SMILES string of the molecule is CCCCCCCCCC.CCc1ccc(C)c(S(F)(F)(F)(F)F)c1. The van der Waals surface area contributed by atoms with Gasteiger partial charge in [-0.05, 0) is 30.5 Å². The Labute approximate surface area is 149 Å². The summed E-state index contributed by atoms with van der Waals surface area (Å²) in [6.45, 7) is 7.19. The third kappa shape index (κ3) is 10.7. The maximum Gasteiger partial charge on any atom is 0.310 e. The van der Waals surface area contributed by atoms with Gasteiger partial charge in [-0.25, -0.2) is 0 Å². The number of aryl methyl sites for hydroxylation is 2. The minimum absolute atomic E-state index is 0.254. The number of benzene rings is 1. The third-order valence-electron chi connectivity index (χ3n) is 4.03. The van der Waals surface area contributed by atoms with E-state index in [4.69, 9.17) is 0 Å². The second kappa shape index (κ2) is 9.24. The molecule has 0 saturated carbocycles. The molecule has 0 N–H and O–H groups in total. The zero-order valence-corrected chi connectivity index (χ0v) is 16.7. The molecule has 0 aliphatic rings. The fraction of sp³-hybridized carbons (Fsp3) is 0.684. The Balaban J connectivity index is 0.000000504. The molecule has 0 aromatic heterocycles. The molecule has 6 heteroatoms. The molecule has 25 heavy (non-hydrogen) atoms. The summed E-state index contributed by atoms with van der Waals surface area (Å²) >= 11 is 0. The minimum atomic E-state index is -9.53. The summed E-state index contributed by atoms with van der Waals surface area (Å²) in [5, 5.41) is 0. The molecule has 1 aromatic rings. The molecule has 0 saturated heterocycles. The number of rotatable bonds is 9. The second-order valence-electron chi connectivity index (χ2n) is 6.54. The Kier molecular flexibility index (Phi) is 8.95. The van der Waals surface area contributed by atoms with Crippen molar-refractivity contribution in [1.82, 2.24) is 0 Å². The highest BCUT2D eigenvalue weighted by Crippen LogP contribution is 3.02. The van der Waals surface area contributed by atoms with Gasteiger partial charge >= 0.3 is 10.2 Å². The molecule has 150 valence electrons. The van der Waals surface area contributed by atoms with Gasteiger partial charge in [-0.15, -0.1) is 0 Å². The second-order valence-corrected chi connectivity index (χ2v) is 8.92. The van der Waals surface area contributed by atoms with Gasteiger partial charge in [-0.1, -0.05) is 104 Å². The molecule has 0 amide bonds. The molecular weight excluding hydrogens is 355 g/mol. The van der Waals surface area contributed by atoms with Crippen LogP contribution in [0.2, 0.25) is 0 Å². The summed E-state index contributed by atoms with van der Waals surface area (Å²) in [7, 11) is -9.53. The summed E-state index contributed by atoms with van der Waals surface area (Å²) in [5.41, 5.74) is -0.185. The van der Waals surface area contributed by atoms with Crippen molar-refractivity contribution in [2.75, 3.05) is 0 Å². The van der Waals surface area contributed by atoms with Crippen LogP contribution in [0.4, 0.5) is 19.4 Å². The van der Waals surface area contributed by atoms with E-state index in [-0.39, 0.29) is 5.56 Å². The molecule has 0 aliphatic heterocycles. The smallest absolute Gasteiger partial charge is 0.0936 e. The van der Waals surface area contributed by atoms with E-state index in [0.717, 1.165) is 13.0 Å². The van der Waals surface area contributed by atoms with Crippen LogP contribution in [0.3, 0.4) is 0 Å².